The molecular weight excluding hydrogens is 314 g/mol. The number of halogens is 2. The molecule has 1 aromatic carbocycles. The zero-order chi connectivity index (χ0) is 12.8. The molecule has 1 aromatic heterocycles. The lowest BCUT2D eigenvalue weighted by Gasteiger charge is -2.09. The lowest BCUT2D eigenvalue weighted by molar-refractivity contribution is 0.320. The number of ether oxygens (including phenoxy) is 1. The molecule has 2 aromatic rings. The van der Waals surface area contributed by atoms with Gasteiger partial charge in [-0.05, 0) is 45.3 Å². The first-order valence-corrected chi connectivity index (χ1v) is 6.98. The number of pyridine rings is 1. The highest BCUT2D eigenvalue weighted by Gasteiger charge is 2.02. The molecule has 0 amide bonds. The fourth-order valence-corrected chi connectivity index (χ4v) is 2.28. The number of benzene rings is 1. The fraction of sp³-hybridized carbons (Fsp3) is 0.214. The number of hydrogen-bond donors (Lipinski definition) is 0. The van der Waals surface area contributed by atoms with Gasteiger partial charge in [0.05, 0.1) is 11.1 Å². The minimum Gasteiger partial charge on any atom is -0.492 e. The summed E-state index contributed by atoms with van der Waals surface area (Å²) >= 11 is 9.25. The first-order valence-electron chi connectivity index (χ1n) is 5.65. The monoisotopic (exact) mass is 325 g/mol. The molecule has 0 aliphatic rings. The average molecular weight is 327 g/mol. The lowest BCUT2D eigenvalue weighted by atomic mass is 10.2. The van der Waals surface area contributed by atoms with E-state index in [0.29, 0.717) is 12.5 Å². The third-order valence-electron chi connectivity index (χ3n) is 2.52. The fourth-order valence-electron chi connectivity index (χ4n) is 1.57. The second-order valence-corrected chi connectivity index (χ2v) is 4.98. The maximum Gasteiger partial charge on any atom is 0.133 e. The maximum atomic E-state index is 5.77. The van der Waals surface area contributed by atoms with Crippen LogP contribution in [-0.4, -0.2) is 11.6 Å². The molecule has 0 saturated heterocycles. The van der Waals surface area contributed by atoms with E-state index in [0.717, 1.165) is 22.2 Å². The molecule has 0 N–H and O–H groups in total. The van der Waals surface area contributed by atoms with Crippen LogP contribution >= 0.6 is 27.5 Å². The van der Waals surface area contributed by atoms with Crippen molar-refractivity contribution in [3.63, 3.8) is 0 Å². The maximum absolute atomic E-state index is 5.77. The van der Waals surface area contributed by atoms with Gasteiger partial charge < -0.3 is 4.74 Å². The van der Waals surface area contributed by atoms with Crippen LogP contribution in [0.15, 0.2) is 47.2 Å². The standard InChI is InChI=1S/C14H13BrClNO/c15-13-8-12(9-16)3-4-14(13)18-7-5-11-2-1-6-17-10-11/h1-4,6,8,10H,5,7,9H2. The van der Waals surface area contributed by atoms with E-state index in [1.54, 1.807) is 6.20 Å². The summed E-state index contributed by atoms with van der Waals surface area (Å²) in [6.45, 7) is 0.629. The Kier molecular flexibility index (Phi) is 5.02. The van der Waals surface area contributed by atoms with Crippen molar-refractivity contribution in [1.82, 2.24) is 4.98 Å². The average Bonchev–Trinajstić information content (AvgIpc) is 2.42. The second kappa shape index (κ2) is 6.76. The molecule has 1 heterocycles. The van der Waals surface area contributed by atoms with Gasteiger partial charge in [0.1, 0.15) is 5.75 Å². The van der Waals surface area contributed by atoms with E-state index >= 15 is 0 Å². The predicted molar refractivity (Wildman–Crippen MR) is 77.1 cm³/mol. The third-order valence-corrected chi connectivity index (χ3v) is 3.45. The van der Waals surface area contributed by atoms with Crippen molar-refractivity contribution in [2.45, 2.75) is 12.3 Å². The van der Waals surface area contributed by atoms with E-state index in [1.165, 1.54) is 5.56 Å². The van der Waals surface area contributed by atoms with E-state index in [2.05, 4.69) is 20.9 Å². The molecule has 0 aliphatic heterocycles. The van der Waals surface area contributed by atoms with Crippen molar-refractivity contribution < 1.29 is 4.74 Å². The van der Waals surface area contributed by atoms with Gasteiger partial charge in [0, 0.05) is 24.7 Å². The van der Waals surface area contributed by atoms with Crippen LogP contribution in [0.1, 0.15) is 11.1 Å². The van der Waals surface area contributed by atoms with E-state index < -0.39 is 0 Å². The molecule has 0 atom stereocenters. The summed E-state index contributed by atoms with van der Waals surface area (Å²) in [6, 6.07) is 9.86. The molecule has 0 spiro atoms. The van der Waals surface area contributed by atoms with Crippen LogP contribution in [0, 0.1) is 0 Å². The molecular formula is C14H13BrClNO. The molecule has 0 radical (unpaired) electrons. The molecule has 0 saturated carbocycles. The normalized spacial score (nSPS) is 10.3. The summed E-state index contributed by atoms with van der Waals surface area (Å²) in [5.41, 5.74) is 2.24. The van der Waals surface area contributed by atoms with Crippen LogP contribution in [-0.2, 0) is 12.3 Å². The van der Waals surface area contributed by atoms with Gasteiger partial charge in [-0.25, -0.2) is 0 Å². The Hall–Kier alpha value is -1.06. The van der Waals surface area contributed by atoms with Crippen molar-refractivity contribution in [2.75, 3.05) is 6.61 Å². The number of alkyl halides is 1. The summed E-state index contributed by atoms with van der Waals surface area (Å²) in [5, 5.41) is 0. The van der Waals surface area contributed by atoms with Crippen LogP contribution in [0.3, 0.4) is 0 Å². The van der Waals surface area contributed by atoms with Crippen molar-refractivity contribution in [3.8, 4) is 5.75 Å². The van der Waals surface area contributed by atoms with Gasteiger partial charge in [0.25, 0.3) is 0 Å². The summed E-state index contributed by atoms with van der Waals surface area (Å²) < 4.78 is 6.66. The van der Waals surface area contributed by atoms with E-state index in [4.69, 9.17) is 16.3 Å². The minimum atomic E-state index is 0.508. The minimum absolute atomic E-state index is 0.508. The summed E-state index contributed by atoms with van der Waals surface area (Å²) in [5.74, 6) is 1.35. The first-order chi connectivity index (χ1) is 8.79. The number of aromatic nitrogens is 1. The van der Waals surface area contributed by atoms with Crippen molar-refractivity contribution in [2.24, 2.45) is 0 Å². The highest BCUT2D eigenvalue weighted by atomic mass is 79.9. The molecule has 2 rings (SSSR count). The number of nitrogens with zero attached hydrogens (tertiary/aromatic N) is 1. The van der Waals surface area contributed by atoms with Crippen LogP contribution in [0.4, 0.5) is 0 Å². The smallest absolute Gasteiger partial charge is 0.133 e. The molecule has 4 heteroatoms. The largest absolute Gasteiger partial charge is 0.492 e. The van der Waals surface area contributed by atoms with Crippen LogP contribution in [0.5, 0.6) is 5.75 Å². The highest BCUT2D eigenvalue weighted by Crippen LogP contribution is 2.26. The highest BCUT2D eigenvalue weighted by molar-refractivity contribution is 9.10. The Morgan fingerprint density at radius 2 is 2.11 bits per heavy atom. The van der Waals surface area contributed by atoms with Crippen LogP contribution in [0.25, 0.3) is 0 Å². The topological polar surface area (TPSA) is 22.1 Å². The third kappa shape index (κ3) is 3.72. The zero-order valence-corrected chi connectivity index (χ0v) is 12.1. The molecule has 0 fully saturated rings. The Labute approximate surface area is 120 Å². The summed E-state index contributed by atoms with van der Waals surface area (Å²) in [6.07, 6.45) is 4.47. The Morgan fingerprint density at radius 1 is 1.22 bits per heavy atom. The van der Waals surface area contributed by atoms with Crippen molar-refractivity contribution in [1.29, 1.82) is 0 Å². The SMILES string of the molecule is ClCc1ccc(OCCc2cccnc2)c(Br)c1. The molecule has 0 bridgehead atoms. The van der Waals surface area contributed by atoms with Gasteiger partial charge in [0.15, 0.2) is 0 Å². The second-order valence-electron chi connectivity index (χ2n) is 3.86. The number of rotatable bonds is 5. The molecule has 94 valence electrons. The molecule has 2 nitrogen and oxygen atoms in total. The first kappa shape index (κ1) is 13.4. The van der Waals surface area contributed by atoms with Crippen LogP contribution < -0.4 is 4.74 Å². The van der Waals surface area contributed by atoms with Crippen LogP contribution in [0.2, 0.25) is 0 Å². The summed E-state index contributed by atoms with van der Waals surface area (Å²) in [7, 11) is 0. The van der Waals surface area contributed by atoms with E-state index in [1.807, 2.05) is 36.5 Å². The van der Waals surface area contributed by atoms with Crippen molar-refractivity contribution >= 4 is 27.5 Å². The van der Waals surface area contributed by atoms with Gasteiger partial charge in [-0.2, -0.15) is 0 Å². The summed E-state index contributed by atoms with van der Waals surface area (Å²) in [4.78, 5) is 4.07. The van der Waals surface area contributed by atoms with E-state index in [9.17, 15) is 0 Å². The van der Waals surface area contributed by atoms with Gasteiger partial charge in [-0.15, -0.1) is 11.6 Å². The Bertz CT molecular complexity index is 504. The zero-order valence-electron chi connectivity index (χ0n) is 9.77. The van der Waals surface area contributed by atoms with Gasteiger partial charge in [0.2, 0.25) is 0 Å². The Balaban J connectivity index is 1.91. The number of hydrogen-bond acceptors (Lipinski definition) is 2. The molecule has 18 heavy (non-hydrogen) atoms. The van der Waals surface area contributed by atoms with Crippen molar-refractivity contribution in [3.05, 3.63) is 58.3 Å². The van der Waals surface area contributed by atoms with Gasteiger partial charge in [-0.3, -0.25) is 4.98 Å². The van der Waals surface area contributed by atoms with E-state index in [-0.39, 0.29) is 0 Å². The quantitative estimate of drug-likeness (QED) is 0.768. The predicted octanol–water partition coefficient (Wildman–Crippen LogP) is 4.20. The van der Waals surface area contributed by atoms with Gasteiger partial charge in [-0.1, -0.05) is 12.1 Å². The lowest BCUT2D eigenvalue weighted by Crippen LogP contribution is -2.02. The molecule has 0 unspecified atom stereocenters. The molecule has 0 aliphatic carbocycles. The van der Waals surface area contributed by atoms with Gasteiger partial charge >= 0.3 is 0 Å². The Morgan fingerprint density at radius 3 is 2.78 bits per heavy atom.